The topological polar surface area (TPSA) is 97.3 Å². The van der Waals surface area contributed by atoms with Crippen LogP contribution >= 0.6 is 0 Å². The Labute approximate surface area is 178 Å². The molecule has 0 aliphatic carbocycles. The van der Waals surface area contributed by atoms with Crippen molar-refractivity contribution < 1.29 is 18.7 Å². The van der Waals surface area contributed by atoms with Gasteiger partial charge in [-0.2, -0.15) is 4.98 Å². The molecule has 0 N–H and O–H groups in total. The number of ether oxygens (including phenoxy) is 3. The highest BCUT2D eigenvalue weighted by atomic mass is 16.5. The molecule has 158 valence electrons. The van der Waals surface area contributed by atoms with Crippen LogP contribution in [0.5, 0.6) is 11.5 Å². The molecular weight excluding hydrogens is 398 g/mol. The van der Waals surface area contributed by atoms with Crippen molar-refractivity contribution >= 4 is 0 Å². The minimum absolute atomic E-state index is 0.0768. The molecule has 0 bridgehead atoms. The van der Waals surface area contributed by atoms with Gasteiger partial charge in [-0.05, 0) is 24.6 Å². The van der Waals surface area contributed by atoms with E-state index in [1.54, 1.807) is 26.4 Å². The van der Waals surface area contributed by atoms with Gasteiger partial charge < -0.3 is 18.7 Å². The molecule has 4 aromatic rings. The van der Waals surface area contributed by atoms with Crippen LogP contribution in [0.2, 0.25) is 0 Å². The minimum Gasteiger partial charge on any atom is -0.497 e. The first kappa shape index (κ1) is 19.3. The first-order valence-corrected chi connectivity index (χ1v) is 9.83. The highest BCUT2D eigenvalue weighted by Gasteiger charge is 2.28. The zero-order valence-electron chi connectivity index (χ0n) is 17.4. The smallest absolute Gasteiger partial charge is 0.262 e. The van der Waals surface area contributed by atoms with E-state index in [1.165, 1.54) is 5.56 Å². The molecule has 1 aliphatic heterocycles. The van der Waals surface area contributed by atoms with Crippen LogP contribution in [0.25, 0.3) is 23.0 Å². The van der Waals surface area contributed by atoms with Crippen molar-refractivity contribution in [3.8, 4) is 34.5 Å². The van der Waals surface area contributed by atoms with E-state index in [9.17, 15) is 0 Å². The highest BCUT2D eigenvalue weighted by Crippen LogP contribution is 2.34. The molecule has 5 rings (SSSR count). The Morgan fingerprint density at radius 2 is 1.90 bits per heavy atom. The van der Waals surface area contributed by atoms with Crippen molar-refractivity contribution in [1.29, 1.82) is 0 Å². The lowest BCUT2D eigenvalue weighted by molar-refractivity contribution is -0.00112. The third-order valence-corrected chi connectivity index (χ3v) is 5.32. The highest BCUT2D eigenvalue weighted by molar-refractivity contribution is 5.66. The Hall–Kier alpha value is -3.72. The number of aromatic nitrogens is 5. The second kappa shape index (κ2) is 7.84. The van der Waals surface area contributed by atoms with Crippen LogP contribution in [0.15, 0.2) is 47.0 Å². The van der Waals surface area contributed by atoms with Crippen LogP contribution in [0.4, 0.5) is 0 Å². The van der Waals surface area contributed by atoms with Gasteiger partial charge in [-0.25, -0.2) is 4.68 Å². The minimum atomic E-state index is -0.0768. The van der Waals surface area contributed by atoms with E-state index in [-0.39, 0.29) is 6.10 Å². The second-order valence-corrected chi connectivity index (χ2v) is 7.27. The molecule has 1 aliphatic rings. The first-order chi connectivity index (χ1) is 15.2. The van der Waals surface area contributed by atoms with Gasteiger partial charge in [0, 0.05) is 6.07 Å². The SMILES string of the molecule is COc1ccc(-c2nc(-c3nnn4c3CO[C@H](c3ccc(C)cc3)C4)no2)c(OC)c1. The molecule has 31 heavy (non-hydrogen) atoms. The lowest BCUT2D eigenvalue weighted by Crippen LogP contribution is -2.22. The number of methoxy groups -OCH3 is 2. The molecular formula is C22H21N5O4. The van der Waals surface area contributed by atoms with E-state index >= 15 is 0 Å². The molecule has 0 fully saturated rings. The quantitative estimate of drug-likeness (QED) is 0.484. The monoisotopic (exact) mass is 419 g/mol. The largest absolute Gasteiger partial charge is 0.497 e. The van der Waals surface area contributed by atoms with Crippen LogP contribution in [0.1, 0.15) is 22.9 Å². The molecule has 1 atom stereocenters. The lowest BCUT2D eigenvalue weighted by Gasteiger charge is -2.24. The van der Waals surface area contributed by atoms with Gasteiger partial charge in [0.1, 0.15) is 17.6 Å². The molecule has 3 heterocycles. The van der Waals surface area contributed by atoms with Crippen molar-refractivity contribution in [2.24, 2.45) is 0 Å². The van der Waals surface area contributed by atoms with Crippen LogP contribution in [-0.4, -0.2) is 39.4 Å². The molecule has 0 spiro atoms. The molecule has 2 aromatic carbocycles. The fourth-order valence-corrected chi connectivity index (χ4v) is 3.57. The normalized spacial score (nSPS) is 15.5. The Bertz CT molecular complexity index is 1220. The maximum absolute atomic E-state index is 6.08. The number of hydrogen-bond donors (Lipinski definition) is 0. The van der Waals surface area contributed by atoms with Gasteiger partial charge in [-0.3, -0.25) is 0 Å². The first-order valence-electron chi connectivity index (χ1n) is 9.83. The summed E-state index contributed by atoms with van der Waals surface area (Å²) < 4.78 is 24.1. The van der Waals surface area contributed by atoms with Crippen LogP contribution in [-0.2, 0) is 17.9 Å². The zero-order chi connectivity index (χ0) is 21.4. The van der Waals surface area contributed by atoms with Crippen LogP contribution < -0.4 is 9.47 Å². The van der Waals surface area contributed by atoms with Crippen molar-refractivity contribution in [3.05, 3.63) is 59.3 Å². The summed E-state index contributed by atoms with van der Waals surface area (Å²) in [7, 11) is 3.17. The van der Waals surface area contributed by atoms with Gasteiger partial charge >= 0.3 is 0 Å². The fourth-order valence-electron chi connectivity index (χ4n) is 3.57. The van der Waals surface area contributed by atoms with E-state index in [2.05, 4.69) is 51.6 Å². The summed E-state index contributed by atoms with van der Waals surface area (Å²) in [5.41, 5.74) is 4.35. The third kappa shape index (κ3) is 3.53. The molecule has 0 amide bonds. The fraction of sp³-hybridized carbons (Fsp3) is 0.273. The van der Waals surface area contributed by atoms with Crippen molar-refractivity contribution in [2.75, 3.05) is 14.2 Å². The molecule has 9 nitrogen and oxygen atoms in total. The molecule has 0 unspecified atom stereocenters. The molecule has 2 aromatic heterocycles. The van der Waals surface area contributed by atoms with Gasteiger partial charge in [0.2, 0.25) is 5.82 Å². The summed E-state index contributed by atoms with van der Waals surface area (Å²) in [6, 6.07) is 13.7. The Morgan fingerprint density at radius 3 is 2.68 bits per heavy atom. The third-order valence-electron chi connectivity index (χ3n) is 5.32. The average Bonchev–Trinajstić information content (AvgIpc) is 3.45. The summed E-state index contributed by atoms with van der Waals surface area (Å²) in [5.74, 6) is 1.92. The van der Waals surface area contributed by atoms with E-state index in [1.807, 2.05) is 10.7 Å². The van der Waals surface area contributed by atoms with E-state index in [4.69, 9.17) is 18.7 Å². The number of fused-ring (bicyclic) bond motifs is 1. The standard InChI is InChI=1S/C22H21N5O4/c1-13-4-6-14(7-5-13)19-11-27-17(12-30-19)20(24-26-27)21-23-22(31-25-21)16-9-8-15(28-2)10-18(16)29-3/h4-10,19H,11-12H2,1-3H3/t19-/m0/s1. The number of hydrogen-bond acceptors (Lipinski definition) is 8. The lowest BCUT2D eigenvalue weighted by atomic mass is 10.1. The van der Waals surface area contributed by atoms with E-state index in [0.717, 1.165) is 11.3 Å². The summed E-state index contributed by atoms with van der Waals surface area (Å²) in [6.45, 7) is 2.99. The van der Waals surface area contributed by atoms with Gasteiger partial charge in [0.05, 0.1) is 38.6 Å². The van der Waals surface area contributed by atoms with Crippen LogP contribution in [0.3, 0.4) is 0 Å². The molecule has 0 radical (unpaired) electrons. The predicted octanol–water partition coefficient (Wildman–Crippen LogP) is 3.59. The summed E-state index contributed by atoms with van der Waals surface area (Å²) in [5, 5.41) is 12.7. The number of rotatable bonds is 5. The maximum Gasteiger partial charge on any atom is 0.262 e. The molecule has 9 heteroatoms. The molecule has 0 saturated carbocycles. The number of benzene rings is 2. The summed E-state index contributed by atoms with van der Waals surface area (Å²) in [6.07, 6.45) is -0.0768. The van der Waals surface area contributed by atoms with Crippen molar-refractivity contribution in [3.63, 3.8) is 0 Å². The predicted molar refractivity (Wildman–Crippen MR) is 111 cm³/mol. The van der Waals surface area contributed by atoms with Gasteiger partial charge in [-0.15, -0.1) is 5.10 Å². The Balaban J connectivity index is 1.42. The zero-order valence-corrected chi connectivity index (χ0v) is 17.4. The summed E-state index contributed by atoms with van der Waals surface area (Å²) in [4.78, 5) is 4.51. The van der Waals surface area contributed by atoms with Crippen molar-refractivity contribution in [2.45, 2.75) is 26.2 Å². The van der Waals surface area contributed by atoms with E-state index < -0.39 is 0 Å². The van der Waals surface area contributed by atoms with Gasteiger partial charge in [0.15, 0.2) is 5.69 Å². The number of nitrogens with zero attached hydrogens (tertiary/aromatic N) is 5. The summed E-state index contributed by atoms with van der Waals surface area (Å²) >= 11 is 0. The Kier molecular flexibility index (Phi) is 4.87. The van der Waals surface area contributed by atoms with Crippen molar-refractivity contribution in [1.82, 2.24) is 25.1 Å². The second-order valence-electron chi connectivity index (χ2n) is 7.27. The maximum atomic E-state index is 6.08. The number of aryl methyl sites for hydroxylation is 1. The Morgan fingerprint density at radius 1 is 1.06 bits per heavy atom. The molecule has 0 saturated heterocycles. The van der Waals surface area contributed by atoms with Gasteiger partial charge in [-0.1, -0.05) is 40.2 Å². The van der Waals surface area contributed by atoms with Crippen LogP contribution in [0, 0.1) is 6.92 Å². The average molecular weight is 419 g/mol. The van der Waals surface area contributed by atoms with Gasteiger partial charge in [0.25, 0.3) is 5.89 Å². The van der Waals surface area contributed by atoms with E-state index in [0.29, 0.717) is 47.6 Å².